The smallest absolute Gasteiger partial charge is 0.261 e. The normalized spacial score (nSPS) is 12.0. The van der Waals surface area contributed by atoms with Crippen molar-refractivity contribution in [2.75, 3.05) is 6.54 Å². The molecule has 1 amide bonds. The monoisotopic (exact) mass is 406 g/mol. The van der Waals surface area contributed by atoms with E-state index in [1.54, 1.807) is 23.5 Å². The van der Waals surface area contributed by atoms with E-state index in [0.29, 0.717) is 17.8 Å². The van der Waals surface area contributed by atoms with E-state index in [2.05, 4.69) is 10.3 Å². The first kappa shape index (κ1) is 17.2. The van der Waals surface area contributed by atoms with Crippen molar-refractivity contribution >= 4 is 53.9 Å². The van der Waals surface area contributed by atoms with E-state index in [1.165, 1.54) is 23.5 Å². The molecular weight excluding hydrogens is 392 g/mol. The fraction of sp³-hybridized carbons (Fsp3) is 0.125. The van der Waals surface area contributed by atoms with Gasteiger partial charge in [0.2, 0.25) is 10.0 Å². The molecule has 0 atom stereocenters. The maximum atomic E-state index is 12.3. The molecule has 1 aromatic carbocycles. The molecule has 0 unspecified atom stereocenters. The molecule has 0 radical (unpaired) electrons. The first-order valence-electron chi connectivity index (χ1n) is 7.67. The molecule has 0 fully saturated rings. The zero-order chi connectivity index (χ0) is 18.3. The second-order valence-electron chi connectivity index (χ2n) is 5.66. The topological polar surface area (TPSA) is 107 Å². The van der Waals surface area contributed by atoms with Gasteiger partial charge in [-0.25, -0.2) is 18.5 Å². The van der Waals surface area contributed by atoms with Gasteiger partial charge >= 0.3 is 0 Å². The molecular formula is C16H14N4O3S3. The zero-order valence-electron chi connectivity index (χ0n) is 13.4. The van der Waals surface area contributed by atoms with Crippen LogP contribution >= 0.6 is 22.7 Å². The van der Waals surface area contributed by atoms with Crippen molar-refractivity contribution in [3.8, 4) is 0 Å². The van der Waals surface area contributed by atoms with Crippen LogP contribution in [0.4, 0.5) is 0 Å². The molecule has 0 spiro atoms. The van der Waals surface area contributed by atoms with Gasteiger partial charge in [0, 0.05) is 18.1 Å². The Morgan fingerprint density at radius 2 is 2.04 bits per heavy atom. The number of nitrogens with zero attached hydrogens (tertiary/aromatic N) is 2. The average Bonchev–Trinajstić information content (AvgIpc) is 3.26. The van der Waals surface area contributed by atoms with Gasteiger partial charge in [-0.1, -0.05) is 12.1 Å². The van der Waals surface area contributed by atoms with Crippen molar-refractivity contribution in [2.45, 2.75) is 11.3 Å². The Bertz CT molecular complexity index is 1200. The summed E-state index contributed by atoms with van der Waals surface area (Å²) in [5.41, 5.74) is 1.86. The molecule has 3 aromatic heterocycles. The summed E-state index contributed by atoms with van der Waals surface area (Å²) >= 11 is 2.93. The first-order chi connectivity index (χ1) is 12.4. The van der Waals surface area contributed by atoms with Crippen molar-refractivity contribution in [2.24, 2.45) is 5.14 Å². The Kier molecular flexibility index (Phi) is 4.27. The molecule has 7 nitrogen and oxygen atoms in total. The fourth-order valence-corrected chi connectivity index (χ4v) is 4.84. The molecule has 3 heterocycles. The number of sulfonamides is 1. The largest absolute Gasteiger partial charge is 0.351 e. The molecule has 0 saturated carbocycles. The molecule has 134 valence electrons. The summed E-state index contributed by atoms with van der Waals surface area (Å²) in [6.45, 7) is 0.449. The summed E-state index contributed by atoms with van der Waals surface area (Å²) in [5.74, 6) is -0.141. The summed E-state index contributed by atoms with van der Waals surface area (Å²) < 4.78 is 24.4. The quantitative estimate of drug-likeness (QED) is 0.530. The Labute approximate surface area is 157 Å². The number of fused-ring (bicyclic) bond motifs is 3. The first-order valence-corrected chi connectivity index (χ1v) is 10.9. The maximum absolute atomic E-state index is 12.3. The third-order valence-corrected chi connectivity index (χ3v) is 6.62. The molecule has 0 aliphatic rings. The maximum Gasteiger partial charge on any atom is 0.261 e. The van der Waals surface area contributed by atoms with E-state index < -0.39 is 10.0 Å². The highest BCUT2D eigenvalue weighted by Gasteiger charge is 2.14. The lowest BCUT2D eigenvalue weighted by Gasteiger charge is -2.05. The number of aromatic nitrogens is 2. The number of nitrogens with one attached hydrogen (secondary N) is 1. The third-order valence-electron chi connectivity index (χ3n) is 3.91. The number of thiophene rings is 1. The number of carbonyl (C=O) groups excluding carboxylic acids is 1. The third kappa shape index (κ3) is 3.23. The van der Waals surface area contributed by atoms with Crippen LogP contribution in [0.5, 0.6) is 0 Å². The van der Waals surface area contributed by atoms with Crippen molar-refractivity contribution in [1.29, 1.82) is 0 Å². The zero-order valence-corrected chi connectivity index (χ0v) is 15.8. The second-order valence-corrected chi connectivity index (χ2v) is 9.13. The van der Waals surface area contributed by atoms with Gasteiger partial charge in [0.15, 0.2) is 4.96 Å². The number of benzene rings is 1. The van der Waals surface area contributed by atoms with Gasteiger partial charge in [0.1, 0.15) is 4.83 Å². The van der Waals surface area contributed by atoms with E-state index in [9.17, 15) is 13.2 Å². The van der Waals surface area contributed by atoms with Crippen LogP contribution in [0.1, 0.15) is 15.2 Å². The molecule has 0 saturated heterocycles. The minimum absolute atomic E-state index is 0.0763. The van der Waals surface area contributed by atoms with E-state index in [0.717, 1.165) is 20.9 Å². The van der Waals surface area contributed by atoms with E-state index in [1.807, 2.05) is 22.0 Å². The number of primary sulfonamides is 1. The van der Waals surface area contributed by atoms with Crippen molar-refractivity contribution < 1.29 is 13.2 Å². The number of hydrogen-bond acceptors (Lipinski definition) is 6. The number of imidazole rings is 1. The Hall–Kier alpha value is -2.27. The van der Waals surface area contributed by atoms with Crippen molar-refractivity contribution in [3.05, 3.63) is 52.3 Å². The molecule has 0 aliphatic carbocycles. The highest BCUT2D eigenvalue weighted by Crippen LogP contribution is 2.28. The van der Waals surface area contributed by atoms with E-state index >= 15 is 0 Å². The molecule has 0 bridgehead atoms. The fourth-order valence-electron chi connectivity index (χ4n) is 2.61. The predicted molar refractivity (Wildman–Crippen MR) is 102 cm³/mol. The molecule has 0 aliphatic heterocycles. The lowest BCUT2D eigenvalue weighted by molar-refractivity contribution is 0.0958. The van der Waals surface area contributed by atoms with Crippen LogP contribution in [0.2, 0.25) is 0 Å². The minimum atomic E-state index is -3.68. The van der Waals surface area contributed by atoms with Gasteiger partial charge in [-0.2, -0.15) is 0 Å². The van der Waals surface area contributed by atoms with Crippen LogP contribution in [-0.4, -0.2) is 30.3 Å². The van der Waals surface area contributed by atoms with Gasteiger partial charge < -0.3 is 5.32 Å². The lowest BCUT2D eigenvalue weighted by Crippen LogP contribution is -2.24. The Morgan fingerprint density at radius 1 is 1.27 bits per heavy atom. The van der Waals surface area contributed by atoms with Crippen LogP contribution in [0, 0.1) is 0 Å². The van der Waals surface area contributed by atoms with Gasteiger partial charge in [0.05, 0.1) is 15.3 Å². The standard InChI is InChI=1S/C16H14N4O3S3/c17-26(22,23)11-3-1-10(2-4-11)5-6-18-14(21)13-9-12-15(25-13)19-16-20(12)7-8-24-16/h1-4,7-9H,5-6H2,(H,18,21)(H2,17,22,23). The lowest BCUT2D eigenvalue weighted by atomic mass is 10.1. The van der Waals surface area contributed by atoms with Gasteiger partial charge in [-0.3, -0.25) is 9.20 Å². The van der Waals surface area contributed by atoms with Crippen LogP contribution in [-0.2, 0) is 16.4 Å². The summed E-state index contributed by atoms with van der Waals surface area (Å²) in [4.78, 5) is 19.3. The van der Waals surface area contributed by atoms with Gasteiger partial charge in [0.25, 0.3) is 5.91 Å². The SMILES string of the molecule is NS(=O)(=O)c1ccc(CCNC(=O)c2cc3c(nc4sccn43)s2)cc1. The van der Waals surface area contributed by atoms with E-state index in [4.69, 9.17) is 5.14 Å². The summed E-state index contributed by atoms with van der Waals surface area (Å²) in [6, 6.07) is 8.17. The number of rotatable bonds is 5. The highest BCUT2D eigenvalue weighted by atomic mass is 32.2. The molecule has 10 heteroatoms. The van der Waals surface area contributed by atoms with Crippen molar-refractivity contribution in [3.63, 3.8) is 0 Å². The number of nitrogens with two attached hydrogens (primary N) is 1. The summed E-state index contributed by atoms with van der Waals surface area (Å²) in [6.07, 6.45) is 2.53. The number of hydrogen-bond donors (Lipinski definition) is 2. The molecule has 26 heavy (non-hydrogen) atoms. The number of carbonyl (C=O) groups is 1. The van der Waals surface area contributed by atoms with Crippen LogP contribution in [0.15, 0.2) is 46.8 Å². The van der Waals surface area contributed by atoms with Gasteiger partial charge in [-0.05, 0) is 30.2 Å². The number of amides is 1. The van der Waals surface area contributed by atoms with Crippen LogP contribution < -0.4 is 10.5 Å². The average molecular weight is 407 g/mol. The predicted octanol–water partition coefficient (Wildman–Crippen LogP) is 2.23. The van der Waals surface area contributed by atoms with Crippen LogP contribution in [0.3, 0.4) is 0 Å². The van der Waals surface area contributed by atoms with Crippen LogP contribution in [0.25, 0.3) is 15.3 Å². The molecule has 4 aromatic rings. The minimum Gasteiger partial charge on any atom is -0.351 e. The molecule has 3 N–H and O–H groups in total. The highest BCUT2D eigenvalue weighted by molar-refractivity contribution is 7.89. The summed E-state index contributed by atoms with van der Waals surface area (Å²) in [7, 11) is -3.68. The molecule has 4 rings (SSSR count). The van der Waals surface area contributed by atoms with E-state index in [-0.39, 0.29) is 10.8 Å². The Morgan fingerprint density at radius 3 is 2.77 bits per heavy atom. The number of thiazole rings is 1. The Balaban J connectivity index is 1.40. The van der Waals surface area contributed by atoms with Crippen molar-refractivity contribution in [1.82, 2.24) is 14.7 Å². The van der Waals surface area contributed by atoms with Gasteiger partial charge in [-0.15, -0.1) is 22.7 Å². The second kappa shape index (κ2) is 6.47. The summed E-state index contributed by atoms with van der Waals surface area (Å²) in [5, 5.41) is 9.91.